The highest BCUT2D eigenvalue weighted by Gasteiger charge is 2.45. The van der Waals surface area contributed by atoms with Crippen LogP contribution >= 0.6 is 15.8 Å². The summed E-state index contributed by atoms with van der Waals surface area (Å²) in [6, 6.07) is 44.9. The number of benzene rings is 4. The number of nitrogens with zero attached hydrogens (tertiary/aromatic N) is 2. The molecule has 2 aliphatic heterocycles. The van der Waals surface area contributed by atoms with Gasteiger partial charge in [0.25, 0.3) is 0 Å². The van der Waals surface area contributed by atoms with Gasteiger partial charge in [0.1, 0.15) is 0 Å². The molecule has 0 saturated carbocycles. The van der Waals surface area contributed by atoms with E-state index < -0.39 is 15.8 Å². The van der Waals surface area contributed by atoms with Crippen LogP contribution in [0.3, 0.4) is 0 Å². The first-order valence-electron chi connectivity index (χ1n) is 14.5. The van der Waals surface area contributed by atoms with E-state index in [0.717, 1.165) is 0 Å². The lowest BCUT2D eigenvalue weighted by molar-refractivity contribution is 0.765. The van der Waals surface area contributed by atoms with Gasteiger partial charge in [-0.3, -0.25) is 9.97 Å². The summed E-state index contributed by atoms with van der Waals surface area (Å²) in [6.45, 7) is 0. The summed E-state index contributed by atoms with van der Waals surface area (Å²) in [6.07, 6.45) is 8.73. The monoisotopic (exact) mass is 556 g/mol. The minimum absolute atomic E-state index is 0.500. The summed E-state index contributed by atoms with van der Waals surface area (Å²) in [5.74, 6) is 0. The van der Waals surface area contributed by atoms with Gasteiger partial charge < -0.3 is 0 Å². The number of rotatable bonds is 6. The van der Waals surface area contributed by atoms with Crippen molar-refractivity contribution in [2.45, 2.75) is 48.3 Å². The van der Waals surface area contributed by atoms with Crippen molar-refractivity contribution in [2.24, 2.45) is 0 Å². The third-order valence-corrected chi connectivity index (χ3v) is 15.4. The Morgan fingerprint density at radius 3 is 0.875 bits per heavy atom. The van der Waals surface area contributed by atoms with Crippen molar-refractivity contribution in [3.63, 3.8) is 0 Å². The molecule has 0 amide bonds. The van der Waals surface area contributed by atoms with Crippen LogP contribution in [0.2, 0.25) is 0 Å². The molecule has 3 heterocycles. The van der Waals surface area contributed by atoms with Crippen LogP contribution in [-0.2, 0) is 0 Å². The third kappa shape index (κ3) is 4.94. The molecule has 0 spiro atoms. The summed E-state index contributed by atoms with van der Waals surface area (Å²) in [5, 5.41) is 0. The largest absolute Gasteiger partial charge is 0.253 e. The van der Waals surface area contributed by atoms with E-state index in [4.69, 9.17) is 9.97 Å². The van der Waals surface area contributed by atoms with Gasteiger partial charge in [-0.1, -0.05) is 121 Å². The topological polar surface area (TPSA) is 25.8 Å². The maximum absolute atomic E-state index is 5.30. The highest BCUT2D eigenvalue weighted by atomic mass is 31.1. The fourth-order valence-corrected chi connectivity index (χ4v) is 14.3. The molecule has 0 unspecified atom stereocenters. The molecule has 2 fully saturated rings. The maximum atomic E-state index is 5.30. The molecule has 7 rings (SSSR count). The fraction of sp³-hybridized carbons (Fsp3) is 0.222. The zero-order chi connectivity index (χ0) is 26.7. The average molecular weight is 557 g/mol. The Morgan fingerprint density at radius 2 is 0.625 bits per heavy atom. The van der Waals surface area contributed by atoms with Gasteiger partial charge in [0.15, 0.2) is 0 Å². The lowest BCUT2D eigenvalue weighted by Crippen LogP contribution is -2.31. The summed E-state index contributed by atoms with van der Waals surface area (Å²) in [4.78, 5) is 10.6. The quantitative estimate of drug-likeness (QED) is 0.195. The Balaban J connectivity index is 1.39. The predicted molar refractivity (Wildman–Crippen MR) is 170 cm³/mol. The van der Waals surface area contributed by atoms with Gasteiger partial charge in [-0.15, -0.1) is 0 Å². The van der Waals surface area contributed by atoms with Gasteiger partial charge in [0.05, 0.1) is 10.9 Å². The number of hydrogen-bond donors (Lipinski definition) is 0. The zero-order valence-corrected chi connectivity index (χ0v) is 24.4. The van der Waals surface area contributed by atoms with Crippen molar-refractivity contribution in [3.8, 4) is 0 Å². The van der Waals surface area contributed by atoms with Crippen molar-refractivity contribution in [3.05, 3.63) is 156 Å². The molecule has 0 N–H and O–H groups in total. The maximum Gasteiger partial charge on any atom is 0.0901 e. The summed E-state index contributed by atoms with van der Waals surface area (Å²) in [7, 11) is -1.18. The molecular formula is C36H34N2P2. The van der Waals surface area contributed by atoms with E-state index in [-0.39, 0.29) is 0 Å². The molecule has 2 aliphatic rings. The zero-order valence-electron chi connectivity index (χ0n) is 22.6. The Hall–Kier alpha value is -3.18. The Bertz CT molecular complexity index is 1320. The molecule has 4 atom stereocenters. The number of hydrogen-bond acceptors (Lipinski definition) is 2. The first kappa shape index (κ1) is 25.8. The fourth-order valence-electron chi connectivity index (χ4n) is 6.91. The van der Waals surface area contributed by atoms with E-state index in [1.165, 1.54) is 58.8 Å². The summed E-state index contributed by atoms with van der Waals surface area (Å²) < 4.78 is 0. The molecule has 4 heteroatoms. The molecule has 0 bridgehead atoms. The van der Waals surface area contributed by atoms with Crippen molar-refractivity contribution in [1.82, 2.24) is 9.97 Å². The SMILES string of the molecule is c1ccc([C@H]2CC[C@H](c3ccccc3)P2c2nccnc2P2[C@@H](c3ccccc3)CC[C@@H]2c2ccccc2)cc1. The van der Waals surface area contributed by atoms with Crippen molar-refractivity contribution < 1.29 is 0 Å². The van der Waals surface area contributed by atoms with Crippen molar-refractivity contribution in [1.29, 1.82) is 0 Å². The molecular weight excluding hydrogens is 522 g/mol. The Kier molecular flexibility index (Phi) is 7.56. The first-order chi connectivity index (χ1) is 19.9. The highest BCUT2D eigenvalue weighted by Crippen LogP contribution is 2.72. The van der Waals surface area contributed by atoms with Crippen LogP contribution in [-0.4, -0.2) is 9.97 Å². The molecule has 4 aromatic carbocycles. The standard InChI is InChI=1S/C36H34N2P2/c1-5-13-27(14-6-1)31-21-22-32(28-15-7-2-8-16-28)39(31)35-36(38-26-25-37-35)40-33(29-17-9-3-10-18-29)23-24-34(40)30-19-11-4-12-20-30/h1-20,25-26,31-34H,21-24H2/t31-,32-,33-,34-/m1/s1. The van der Waals surface area contributed by atoms with Gasteiger partial charge in [0.2, 0.25) is 0 Å². The lowest BCUT2D eigenvalue weighted by atomic mass is 10.0. The second kappa shape index (κ2) is 11.7. The number of aromatic nitrogens is 2. The summed E-state index contributed by atoms with van der Waals surface area (Å²) >= 11 is 0. The molecule has 1 aromatic heterocycles. The molecule has 40 heavy (non-hydrogen) atoms. The third-order valence-electron chi connectivity index (χ3n) is 8.66. The van der Waals surface area contributed by atoms with E-state index in [2.05, 4.69) is 121 Å². The Morgan fingerprint density at radius 1 is 0.375 bits per heavy atom. The van der Waals surface area contributed by atoms with E-state index >= 15 is 0 Å². The molecule has 2 nitrogen and oxygen atoms in total. The minimum atomic E-state index is -0.590. The molecule has 198 valence electrons. The second-order valence-corrected chi connectivity index (χ2v) is 15.8. The molecule has 0 radical (unpaired) electrons. The van der Waals surface area contributed by atoms with Crippen LogP contribution in [0.1, 0.15) is 70.6 Å². The van der Waals surface area contributed by atoms with Gasteiger partial charge in [0, 0.05) is 35.0 Å². The van der Waals surface area contributed by atoms with E-state index in [9.17, 15) is 0 Å². The average Bonchev–Trinajstić information content (AvgIpc) is 3.68. The van der Waals surface area contributed by atoms with E-state index in [0.29, 0.717) is 22.6 Å². The lowest BCUT2D eigenvalue weighted by Gasteiger charge is -2.32. The minimum Gasteiger partial charge on any atom is -0.253 e. The molecule has 5 aromatic rings. The predicted octanol–water partition coefficient (Wildman–Crippen LogP) is 9.24. The van der Waals surface area contributed by atoms with Crippen LogP contribution < -0.4 is 10.9 Å². The summed E-state index contributed by atoms with van der Waals surface area (Å²) in [5.41, 5.74) is 10.5. The Labute approximate surface area is 240 Å². The van der Waals surface area contributed by atoms with Gasteiger partial charge >= 0.3 is 0 Å². The van der Waals surface area contributed by atoms with Crippen molar-refractivity contribution in [2.75, 3.05) is 0 Å². The van der Waals surface area contributed by atoms with Crippen LogP contribution in [0.15, 0.2) is 134 Å². The van der Waals surface area contributed by atoms with Gasteiger partial charge in [-0.25, -0.2) is 0 Å². The van der Waals surface area contributed by atoms with Crippen LogP contribution in [0.4, 0.5) is 0 Å². The smallest absolute Gasteiger partial charge is 0.0901 e. The van der Waals surface area contributed by atoms with Gasteiger partial charge in [-0.05, 0) is 63.8 Å². The van der Waals surface area contributed by atoms with E-state index in [1.54, 1.807) is 0 Å². The normalized spacial score (nSPS) is 23.4. The second-order valence-electron chi connectivity index (χ2n) is 10.9. The first-order valence-corrected chi connectivity index (χ1v) is 17.4. The molecule has 0 aliphatic carbocycles. The van der Waals surface area contributed by atoms with E-state index in [1.807, 2.05) is 12.4 Å². The van der Waals surface area contributed by atoms with Crippen molar-refractivity contribution >= 4 is 26.7 Å². The van der Waals surface area contributed by atoms with Crippen LogP contribution in [0.25, 0.3) is 0 Å². The molecule has 2 saturated heterocycles. The van der Waals surface area contributed by atoms with Crippen LogP contribution in [0, 0.1) is 0 Å². The van der Waals surface area contributed by atoms with Crippen LogP contribution in [0.5, 0.6) is 0 Å². The highest BCUT2D eigenvalue weighted by molar-refractivity contribution is 7.72. The van der Waals surface area contributed by atoms with Gasteiger partial charge in [-0.2, -0.15) is 0 Å².